The molecule has 1 unspecified atom stereocenters. The first-order valence-electron chi connectivity index (χ1n) is 6.78. The minimum Gasteiger partial charge on any atom is -0.480 e. The van der Waals surface area contributed by atoms with Crippen molar-refractivity contribution in [3.05, 3.63) is 24.3 Å². The lowest BCUT2D eigenvalue weighted by molar-refractivity contribution is -0.142. The summed E-state index contributed by atoms with van der Waals surface area (Å²) in [6, 6.07) is 5.16. The third kappa shape index (κ3) is 4.14. The summed E-state index contributed by atoms with van der Waals surface area (Å²) in [5, 5.41) is 11.5. The predicted molar refractivity (Wildman–Crippen MR) is 73.9 cm³/mol. The van der Waals surface area contributed by atoms with E-state index >= 15 is 0 Å². The highest BCUT2D eigenvalue weighted by Crippen LogP contribution is 2.25. The zero-order chi connectivity index (χ0) is 16.1. The van der Waals surface area contributed by atoms with Crippen LogP contribution in [-0.2, 0) is 9.59 Å². The van der Waals surface area contributed by atoms with Crippen molar-refractivity contribution in [3.8, 4) is 5.75 Å². The molecule has 6 nitrogen and oxygen atoms in total. The van der Waals surface area contributed by atoms with Crippen LogP contribution in [0.1, 0.15) is 12.8 Å². The van der Waals surface area contributed by atoms with E-state index in [1.165, 1.54) is 18.2 Å². The number of rotatable bonds is 6. The number of carbonyl (C=O) groups excluding carboxylic acids is 1. The third-order valence-corrected chi connectivity index (χ3v) is 3.37. The molecule has 0 spiro atoms. The Bertz CT molecular complexity index is 553. The number of alkyl halides is 2. The molecule has 1 aromatic carbocycles. The van der Waals surface area contributed by atoms with Crippen molar-refractivity contribution < 1.29 is 28.2 Å². The molecule has 120 valence electrons. The molecule has 1 fully saturated rings. The van der Waals surface area contributed by atoms with Crippen molar-refractivity contribution >= 4 is 17.6 Å². The molecule has 8 heteroatoms. The maximum atomic E-state index is 12.3. The number of likely N-dealkylation sites (tertiary alicyclic amines) is 1. The molecule has 0 bridgehead atoms. The second kappa shape index (κ2) is 7.17. The minimum atomic E-state index is -2.99. The quantitative estimate of drug-likeness (QED) is 0.837. The van der Waals surface area contributed by atoms with E-state index in [1.54, 1.807) is 11.0 Å². The number of carbonyl (C=O) groups is 2. The molecule has 0 aliphatic carbocycles. The molecular formula is C14H16F2N2O4. The standard InChI is InChI=1S/C14H16F2N2O4/c15-14(16)22-11-6-2-1-4-9(11)17-12(19)8-18-7-3-5-10(18)13(20)21/h1-2,4,6,10,14H,3,5,7-8H2,(H,17,19)(H,20,21). The van der Waals surface area contributed by atoms with E-state index in [0.717, 1.165) is 0 Å². The van der Waals surface area contributed by atoms with Gasteiger partial charge in [0.15, 0.2) is 0 Å². The number of nitrogens with zero attached hydrogens (tertiary/aromatic N) is 1. The van der Waals surface area contributed by atoms with Crippen LogP contribution in [0.3, 0.4) is 0 Å². The summed E-state index contributed by atoms with van der Waals surface area (Å²) in [4.78, 5) is 24.6. The lowest BCUT2D eigenvalue weighted by atomic mass is 10.2. The summed E-state index contributed by atoms with van der Waals surface area (Å²) >= 11 is 0. The topological polar surface area (TPSA) is 78.9 Å². The summed E-state index contributed by atoms with van der Waals surface area (Å²) in [5.41, 5.74) is 0.124. The van der Waals surface area contributed by atoms with Crippen LogP contribution < -0.4 is 10.1 Å². The Kier molecular flexibility index (Phi) is 5.26. The molecule has 1 atom stereocenters. The van der Waals surface area contributed by atoms with E-state index in [2.05, 4.69) is 10.1 Å². The van der Waals surface area contributed by atoms with Crippen LogP contribution in [0.15, 0.2) is 24.3 Å². The van der Waals surface area contributed by atoms with Gasteiger partial charge >= 0.3 is 12.6 Å². The average molecular weight is 314 g/mol. The molecule has 0 aromatic heterocycles. The van der Waals surface area contributed by atoms with Gasteiger partial charge in [0.1, 0.15) is 11.8 Å². The number of carboxylic acids is 1. The lowest BCUT2D eigenvalue weighted by Gasteiger charge is -2.20. The first-order chi connectivity index (χ1) is 10.5. The van der Waals surface area contributed by atoms with Crippen molar-refractivity contribution in [1.82, 2.24) is 4.90 Å². The Morgan fingerprint density at radius 3 is 2.82 bits per heavy atom. The fourth-order valence-corrected chi connectivity index (χ4v) is 2.44. The summed E-state index contributed by atoms with van der Waals surface area (Å²) in [5.74, 6) is -1.58. The number of amides is 1. The van der Waals surface area contributed by atoms with E-state index < -0.39 is 24.5 Å². The molecule has 2 rings (SSSR count). The van der Waals surface area contributed by atoms with Gasteiger partial charge in [0.25, 0.3) is 0 Å². The first-order valence-corrected chi connectivity index (χ1v) is 6.78. The summed E-state index contributed by atoms with van der Waals surface area (Å²) in [6.45, 7) is -2.59. The minimum absolute atomic E-state index is 0.111. The fraction of sp³-hybridized carbons (Fsp3) is 0.429. The maximum absolute atomic E-state index is 12.3. The van der Waals surface area contributed by atoms with Crippen LogP contribution in [0, 0.1) is 0 Å². The van der Waals surface area contributed by atoms with Crippen LogP contribution >= 0.6 is 0 Å². The number of ether oxygens (including phenoxy) is 1. The molecule has 0 radical (unpaired) electrons. The van der Waals surface area contributed by atoms with Gasteiger partial charge in [-0.3, -0.25) is 14.5 Å². The Morgan fingerprint density at radius 1 is 1.41 bits per heavy atom. The first kappa shape index (κ1) is 16.2. The Hall–Kier alpha value is -2.22. The van der Waals surface area contributed by atoms with Crippen molar-refractivity contribution in [2.45, 2.75) is 25.5 Å². The Balaban J connectivity index is 1.99. The van der Waals surface area contributed by atoms with Crippen LogP contribution in [0.25, 0.3) is 0 Å². The maximum Gasteiger partial charge on any atom is 0.387 e. The molecular weight excluding hydrogens is 298 g/mol. The van der Waals surface area contributed by atoms with Gasteiger partial charge in [0, 0.05) is 0 Å². The van der Waals surface area contributed by atoms with Crippen LogP contribution in [0.4, 0.5) is 14.5 Å². The zero-order valence-electron chi connectivity index (χ0n) is 11.7. The number of benzene rings is 1. The largest absolute Gasteiger partial charge is 0.480 e. The number of para-hydroxylation sites is 2. The van der Waals surface area contributed by atoms with Gasteiger partial charge in [-0.1, -0.05) is 12.1 Å². The number of hydrogen-bond acceptors (Lipinski definition) is 4. The Morgan fingerprint density at radius 2 is 2.14 bits per heavy atom. The number of aliphatic carboxylic acids is 1. The van der Waals surface area contributed by atoms with E-state index in [-0.39, 0.29) is 18.0 Å². The van der Waals surface area contributed by atoms with Gasteiger partial charge in [0.2, 0.25) is 5.91 Å². The highest BCUT2D eigenvalue weighted by atomic mass is 19.3. The summed E-state index contributed by atoms with van der Waals surface area (Å²) in [6.07, 6.45) is 1.20. The van der Waals surface area contributed by atoms with E-state index in [9.17, 15) is 18.4 Å². The monoisotopic (exact) mass is 314 g/mol. The van der Waals surface area contributed by atoms with Crippen LogP contribution in [0.5, 0.6) is 5.75 Å². The normalized spacial score (nSPS) is 18.4. The van der Waals surface area contributed by atoms with Crippen molar-refractivity contribution in [1.29, 1.82) is 0 Å². The number of carboxylic acid groups (broad SMARTS) is 1. The van der Waals surface area contributed by atoms with Crippen molar-refractivity contribution in [3.63, 3.8) is 0 Å². The predicted octanol–water partition coefficient (Wildman–Crippen LogP) is 1.78. The number of hydrogen-bond donors (Lipinski definition) is 2. The highest BCUT2D eigenvalue weighted by molar-refractivity contribution is 5.94. The number of nitrogens with one attached hydrogen (secondary N) is 1. The van der Waals surface area contributed by atoms with Gasteiger partial charge in [-0.15, -0.1) is 0 Å². The fourth-order valence-electron chi connectivity index (χ4n) is 2.44. The number of halogens is 2. The molecule has 1 aromatic rings. The van der Waals surface area contributed by atoms with Gasteiger partial charge in [0.05, 0.1) is 12.2 Å². The van der Waals surface area contributed by atoms with E-state index in [0.29, 0.717) is 19.4 Å². The van der Waals surface area contributed by atoms with Crippen molar-refractivity contribution in [2.75, 3.05) is 18.4 Å². The van der Waals surface area contributed by atoms with Gasteiger partial charge in [-0.2, -0.15) is 8.78 Å². The van der Waals surface area contributed by atoms with Crippen LogP contribution in [0.2, 0.25) is 0 Å². The molecule has 22 heavy (non-hydrogen) atoms. The molecule has 1 aliphatic rings. The average Bonchev–Trinajstić information content (AvgIpc) is 2.88. The number of anilines is 1. The smallest absolute Gasteiger partial charge is 0.387 e. The third-order valence-electron chi connectivity index (χ3n) is 3.37. The molecule has 2 N–H and O–H groups in total. The van der Waals surface area contributed by atoms with Gasteiger partial charge < -0.3 is 15.2 Å². The molecule has 1 heterocycles. The molecule has 1 saturated heterocycles. The molecule has 0 saturated carbocycles. The molecule has 1 amide bonds. The SMILES string of the molecule is O=C(CN1CCCC1C(=O)O)Nc1ccccc1OC(F)F. The second-order valence-corrected chi connectivity index (χ2v) is 4.89. The summed E-state index contributed by atoms with van der Waals surface area (Å²) < 4.78 is 28.9. The van der Waals surface area contributed by atoms with Gasteiger partial charge in [-0.05, 0) is 31.5 Å². The van der Waals surface area contributed by atoms with Gasteiger partial charge in [-0.25, -0.2) is 0 Å². The van der Waals surface area contributed by atoms with E-state index in [1.807, 2.05) is 0 Å². The summed E-state index contributed by atoms with van der Waals surface area (Å²) in [7, 11) is 0. The van der Waals surface area contributed by atoms with Crippen LogP contribution in [-0.4, -0.2) is 47.6 Å². The zero-order valence-corrected chi connectivity index (χ0v) is 11.7. The van der Waals surface area contributed by atoms with E-state index in [4.69, 9.17) is 5.11 Å². The Labute approximate surface area is 125 Å². The highest BCUT2D eigenvalue weighted by Gasteiger charge is 2.31. The molecule has 1 aliphatic heterocycles. The lowest BCUT2D eigenvalue weighted by Crippen LogP contribution is -2.40. The van der Waals surface area contributed by atoms with Crippen molar-refractivity contribution in [2.24, 2.45) is 0 Å². The second-order valence-electron chi connectivity index (χ2n) is 4.89.